The maximum Gasteiger partial charge on any atom is 0.416 e. The number of carbonyl (C=O) groups is 1. The molecule has 70 heavy (non-hydrogen) atoms. The molecule has 4 N–H and O–H groups in total. The molecule has 4 aromatic carbocycles. The van der Waals surface area contributed by atoms with E-state index in [0.29, 0.717) is 99.7 Å². The normalized spacial score (nSPS) is 23.7. The second-order valence-electron chi connectivity index (χ2n) is 19.9. The minimum atomic E-state index is -4.46. The van der Waals surface area contributed by atoms with Gasteiger partial charge in [-0.3, -0.25) is 14.6 Å². The number of pyridine rings is 2. The van der Waals surface area contributed by atoms with Crippen molar-refractivity contribution in [2.75, 3.05) is 60.5 Å². The molecular weight excluding hydrogens is 911 g/mol. The lowest BCUT2D eigenvalue weighted by Gasteiger charge is -2.45. The van der Waals surface area contributed by atoms with Crippen LogP contribution in [0.1, 0.15) is 82.3 Å². The van der Waals surface area contributed by atoms with Gasteiger partial charge in [0.15, 0.2) is 5.78 Å². The van der Waals surface area contributed by atoms with E-state index in [0.717, 1.165) is 94.1 Å². The van der Waals surface area contributed by atoms with Gasteiger partial charge in [0.25, 0.3) is 0 Å². The molecule has 6 atom stereocenters. The van der Waals surface area contributed by atoms with Crippen LogP contribution in [-0.2, 0) is 53.0 Å². The van der Waals surface area contributed by atoms with Gasteiger partial charge in [-0.15, -0.1) is 0 Å². The molecule has 2 aromatic heterocycles. The largest absolute Gasteiger partial charge is 0.416 e. The van der Waals surface area contributed by atoms with Crippen molar-refractivity contribution >= 4 is 50.6 Å². The van der Waals surface area contributed by atoms with Gasteiger partial charge in [-0.2, -0.15) is 26.3 Å². The van der Waals surface area contributed by atoms with Crippen LogP contribution in [0.2, 0.25) is 0 Å². The van der Waals surface area contributed by atoms with Crippen LogP contribution in [0, 0.1) is 11.8 Å². The van der Waals surface area contributed by atoms with Crippen molar-refractivity contribution in [3.63, 3.8) is 0 Å². The maximum absolute atomic E-state index is 16.7. The fourth-order valence-electron chi connectivity index (χ4n) is 12.7. The summed E-state index contributed by atoms with van der Waals surface area (Å²) in [6.07, 6.45) is -5.60. The molecule has 6 aliphatic rings. The Hall–Kier alpha value is -6.01. The Bertz CT molecular complexity index is 2820. The first-order chi connectivity index (χ1) is 33.7. The van der Waals surface area contributed by atoms with Crippen molar-refractivity contribution < 1.29 is 40.6 Å². The summed E-state index contributed by atoms with van der Waals surface area (Å²) < 4.78 is 93.8. The molecule has 0 radical (unpaired) electrons. The Morgan fingerprint density at radius 1 is 0.543 bits per heavy atom. The number of rotatable bonds is 8. The van der Waals surface area contributed by atoms with Gasteiger partial charge >= 0.3 is 12.4 Å². The first kappa shape index (κ1) is 45.1. The standard InChI is InChI=1S/C53H52F6N8O3/c54-52(55,56)33-3-7-35(8-4-33)64-17-13-29-15-19-66(45(29)23-64)47(31-1-11-43-37(21-31)39-25-69-27-41(39)50(60)62-43)49(68)48(32-2-12-44-38(22-32)40-26-70-28-42(40)51(61)63-44)67-20-16-30-14-18-65(24-46(30)67)36-9-5-34(6-10-36)53(57,58)59/h1-12,21-22,29-30,45-48H,13-20,23-28H2,(H2,60,62)(H2,61,63). The number of ether oxygens (including phenoxy) is 2. The number of nitrogens with zero attached hydrogens (tertiary/aromatic N) is 6. The molecule has 6 unspecified atom stereocenters. The van der Waals surface area contributed by atoms with Crippen LogP contribution < -0.4 is 21.3 Å². The van der Waals surface area contributed by atoms with E-state index < -0.39 is 35.6 Å². The predicted molar refractivity (Wildman–Crippen MR) is 254 cm³/mol. The van der Waals surface area contributed by atoms with Crippen LogP contribution >= 0.6 is 0 Å². The number of hydrogen-bond acceptors (Lipinski definition) is 11. The van der Waals surface area contributed by atoms with Crippen LogP contribution in [0.5, 0.6) is 0 Å². The predicted octanol–water partition coefficient (Wildman–Crippen LogP) is 9.60. The topological polar surface area (TPSA) is 126 Å². The van der Waals surface area contributed by atoms with E-state index >= 15 is 4.79 Å². The molecule has 0 saturated carbocycles. The van der Waals surface area contributed by atoms with Gasteiger partial charge < -0.3 is 30.7 Å². The second-order valence-corrected chi connectivity index (χ2v) is 19.9. The molecule has 0 amide bonds. The number of ketones is 1. The quantitative estimate of drug-likeness (QED) is 0.142. The lowest BCUT2D eigenvalue weighted by molar-refractivity contribution is -0.138. The molecule has 6 aliphatic heterocycles. The number of alkyl halides is 6. The number of carbonyl (C=O) groups excluding carboxylic acids is 1. The zero-order valence-corrected chi connectivity index (χ0v) is 38.3. The summed E-state index contributed by atoms with van der Waals surface area (Å²) >= 11 is 0. The van der Waals surface area contributed by atoms with E-state index in [-0.39, 0.29) is 29.7 Å². The van der Waals surface area contributed by atoms with Crippen LogP contribution in [0.4, 0.5) is 49.4 Å². The molecule has 17 heteroatoms. The number of hydrogen-bond donors (Lipinski definition) is 2. The number of nitrogen functional groups attached to an aromatic ring is 2. The highest BCUT2D eigenvalue weighted by Gasteiger charge is 2.50. The third-order valence-electron chi connectivity index (χ3n) is 16.3. The lowest BCUT2D eigenvalue weighted by Crippen LogP contribution is -2.53. The van der Waals surface area contributed by atoms with E-state index in [4.69, 9.17) is 30.9 Å². The highest BCUT2D eigenvalue weighted by molar-refractivity contribution is 5.95. The van der Waals surface area contributed by atoms with Gasteiger partial charge in [0, 0.05) is 71.5 Å². The third kappa shape index (κ3) is 7.80. The van der Waals surface area contributed by atoms with Crippen molar-refractivity contribution in [3.05, 3.63) is 129 Å². The summed E-state index contributed by atoms with van der Waals surface area (Å²) in [6.45, 7) is 5.02. The van der Waals surface area contributed by atoms with E-state index in [1.165, 1.54) is 24.3 Å². The number of halogens is 6. The number of aromatic nitrogens is 2. The number of Topliss-reactive ketones (excluding diaryl/α,β-unsaturated/α-hetero) is 1. The van der Waals surface area contributed by atoms with E-state index in [9.17, 15) is 26.3 Å². The highest BCUT2D eigenvalue weighted by atomic mass is 19.4. The molecule has 12 rings (SSSR count). The Balaban J connectivity index is 0.981. The zero-order valence-electron chi connectivity index (χ0n) is 38.3. The van der Waals surface area contributed by atoms with Crippen LogP contribution in [-0.4, -0.2) is 76.9 Å². The number of benzene rings is 4. The molecule has 6 aromatic rings. The monoisotopic (exact) mass is 962 g/mol. The van der Waals surface area contributed by atoms with Gasteiger partial charge in [-0.05, 0) is 146 Å². The Morgan fingerprint density at radius 3 is 1.33 bits per heavy atom. The Kier molecular flexibility index (Phi) is 11.0. The van der Waals surface area contributed by atoms with Crippen molar-refractivity contribution in [1.82, 2.24) is 19.8 Å². The summed E-state index contributed by atoms with van der Waals surface area (Å²) in [6, 6.07) is 20.9. The van der Waals surface area contributed by atoms with Crippen molar-refractivity contribution in [2.45, 2.75) is 88.6 Å². The lowest BCUT2D eigenvalue weighted by atomic mass is 9.86. The highest BCUT2D eigenvalue weighted by Crippen LogP contribution is 2.47. The first-order valence-electron chi connectivity index (χ1n) is 24.1. The smallest absolute Gasteiger partial charge is 0.383 e. The SMILES string of the molecule is Nc1nc2ccc(C(C(=O)C(c3ccc4nc(N)c5c(c4c3)COC5)N3CCC4CCN(c5ccc(C(F)(F)F)cc5)CC43)N3CCC4CCN(c5ccc(C(F)(F)F)cc5)CC43)cc2c2c1COC2. The van der Waals surface area contributed by atoms with E-state index in [1.807, 2.05) is 24.3 Å². The van der Waals surface area contributed by atoms with Gasteiger partial charge in [0.05, 0.1) is 60.7 Å². The summed E-state index contributed by atoms with van der Waals surface area (Å²) in [5.41, 5.74) is 19.4. The number of nitrogens with two attached hydrogens (primary N) is 2. The molecule has 11 nitrogen and oxygen atoms in total. The molecule has 4 fully saturated rings. The molecule has 0 spiro atoms. The molecular formula is C53H52F6N8O3. The molecule has 0 aliphatic carbocycles. The Labute approximate surface area is 400 Å². The van der Waals surface area contributed by atoms with E-state index in [1.54, 1.807) is 0 Å². The van der Waals surface area contributed by atoms with Gasteiger partial charge in [-0.1, -0.05) is 12.1 Å². The fraction of sp³-hybridized carbons (Fsp3) is 0.415. The van der Waals surface area contributed by atoms with Crippen LogP contribution in [0.15, 0.2) is 84.9 Å². The second kappa shape index (κ2) is 17.1. The fourth-order valence-corrected chi connectivity index (χ4v) is 12.7. The number of fused-ring (bicyclic) bond motifs is 8. The van der Waals surface area contributed by atoms with Crippen molar-refractivity contribution in [3.8, 4) is 0 Å². The van der Waals surface area contributed by atoms with E-state index in [2.05, 4.69) is 31.7 Å². The van der Waals surface area contributed by atoms with Crippen LogP contribution in [0.25, 0.3) is 21.8 Å². The van der Waals surface area contributed by atoms with Gasteiger partial charge in [-0.25, -0.2) is 9.97 Å². The van der Waals surface area contributed by atoms with Gasteiger partial charge in [0.1, 0.15) is 11.6 Å². The minimum absolute atomic E-state index is 0.0223. The molecule has 4 saturated heterocycles. The van der Waals surface area contributed by atoms with Gasteiger partial charge in [0.2, 0.25) is 0 Å². The molecule has 8 heterocycles. The van der Waals surface area contributed by atoms with Crippen LogP contribution in [0.3, 0.4) is 0 Å². The van der Waals surface area contributed by atoms with Crippen molar-refractivity contribution in [2.24, 2.45) is 11.8 Å². The summed E-state index contributed by atoms with van der Waals surface area (Å²) in [5.74, 6) is 1.29. The average molecular weight is 963 g/mol. The minimum Gasteiger partial charge on any atom is -0.383 e. The Morgan fingerprint density at radius 2 is 0.929 bits per heavy atom. The summed E-state index contributed by atoms with van der Waals surface area (Å²) in [7, 11) is 0. The third-order valence-corrected chi connectivity index (χ3v) is 16.3. The zero-order chi connectivity index (χ0) is 48.2. The maximum atomic E-state index is 16.7. The summed E-state index contributed by atoms with van der Waals surface area (Å²) in [4.78, 5) is 35.2. The average Bonchev–Trinajstić information content (AvgIpc) is 4.20. The molecule has 364 valence electrons. The first-order valence-corrected chi connectivity index (χ1v) is 24.1. The summed E-state index contributed by atoms with van der Waals surface area (Å²) in [5, 5.41) is 1.73. The number of piperidine rings is 2. The number of likely N-dealkylation sites (tertiary alicyclic amines) is 2. The van der Waals surface area contributed by atoms with Crippen molar-refractivity contribution in [1.29, 1.82) is 0 Å². The number of anilines is 4. The molecule has 0 bridgehead atoms.